The molecule has 0 aliphatic rings. The first kappa shape index (κ1) is 13.1. The Morgan fingerprint density at radius 2 is 2.10 bits per heavy atom. The zero-order valence-corrected chi connectivity index (χ0v) is 11.9. The fourth-order valence-electron chi connectivity index (χ4n) is 2.26. The third kappa shape index (κ3) is 2.06. The Morgan fingerprint density at radius 1 is 1.30 bits per heavy atom. The molecule has 102 valence electrons. The smallest absolute Gasteiger partial charge is 0.147 e. The molecule has 3 rings (SSSR count). The quantitative estimate of drug-likeness (QED) is 0.663. The molecular weight excluding hydrogens is 277 g/mol. The lowest BCUT2D eigenvalue weighted by molar-refractivity contribution is 0.616. The summed E-state index contributed by atoms with van der Waals surface area (Å²) >= 11 is 6.20. The van der Waals surface area contributed by atoms with Crippen LogP contribution in [-0.2, 0) is 0 Å². The highest BCUT2D eigenvalue weighted by Crippen LogP contribution is 2.29. The van der Waals surface area contributed by atoms with Crippen molar-refractivity contribution in [1.29, 1.82) is 0 Å². The van der Waals surface area contributed by atoms with Crippen molar-refractivity contribution >= 4 is 22.6 Å². The molecule has 0 amide bonds. The summed E-state index contributed by atoms with van der Waals surface area (Å²) in [5.74, 6) is 0.310. The Balaban J connectivity index is 2.39. The molecule has 0 saturated carbocycles. The molecule has 0 radical (unpaired) electrons. The molecule has 1 aromatic carbocycles. The lowest BCUT2D eigenvalue weighted by atomic mass is 10.2. The molecule has 2 aromatic heterocycles. The van der Waals surface area contributed by atoms with Crippen LogP contribution in [-0.4, -0.2) is 14.5 Å². The van der Waals surface area contributed by atoms with Crippen LogP contribution in [0.15, 0.2) is 36.7 Å². The van der Waals surface area contributed by atoms with Crippen LogP contribution < -0.4 is 0 Å². The average molecular weight is 290 g/mol. The van der Waals surface area contributed by atoms with Crippen LogP contribution in [0.25, 0.3) is 16.7 Å². The monoisotopic (exact) mass is 289 g/mol. The van der Waals surface area contributed by atoms with E-state index in [-0.39, 0.29) is 11.2 Å². The van der Waals surface area contributed by atoms with Gasteiger partial charge in [0.2, 0.25) is 0 Å². The molecule has 5 heteroatoms. The van der Waals surface area contributed by atoms with Gasteiger partial charge in [0.15, 0.2) is 0 Å². The molecule has 0 fully saturated rings. The van der Waals surface area contributed by atoms with Crippen molar-refractivity contribution in [2.45, 2.75) is 19.2 Å². The second kappa shape index (κ2) is 4.87. The van der Waals surface area contributed by atoms with Crippen molar-refractivity contribution in [3.05, 3.63) is 53.9 Å². The SMILES string of the molecule is Cc1ccc(F)c(-n2c(C(C)Cl)nc3cnccc32)c1. The van der Waals surface area contributed by atoms with E-state index in [2.05, 4.69) is 9.97 Å². The number of benzene rings is 1. The van der Waals surface area contributed by atoms with Gasteiger partial charge in [0, 0.05) is 6.20 Å². The van der Waals surface area contributed by atoms with Gasteiger partial charge in [-0.1, -0.05) is 6.07 Å². The number of alkyl halides is 1. The highest BCUT2D eigenvalue weighted by atomic mass is 35.5. The first-order valence-corrected chi connectivity index (χ1v) is 6.74. The van der Waals surface area contributed by atoms with Gasteiger partial charge in [-0.25, -0.2) is 9.37 Å². The minimum atomic E-state index is -0.331. The summed E-state index contributed by atoms with van der Waals surface area (Å²) in [6.45, 7) is 3.74. The highest BCUT2D eigenvalue weighted by Gasteiger charge is 2.18. The molecule has 3 nitrogen and oxygen atoms in total. The minimum absolute atomic E-state index is 0.301. The lowest BCUT2D eigenvalue weighted by Crippen LogP contribution is -2.04. The van der Waals surface area contributed by atoms with E-state index in [1.807, 2.05) is 19.9 Å². The van der Waals surface area contributed by atoms with E-state index in [9.17, 15) is 4.39 Å². The van der Waals surface area contributed by atoms with E-state index in [4.69, 9.17) is 11.6 Å². The number of nitrogens with zero attached hydrogens (tertiary/aromatic N) is 3. The maximum atomic E-state index is 14.2. The number of fused-ring (bicyclic) bond motifs is 1. The van der Waals surface area contributed by atoms with Gasteiger partial charge in [-0.3, -0.25) is 9.55 Å². The number of halogens is 2. The fraction of sp³-hybridized carbons (Fsp3) is 0.200. The Morgan fingerprint density at radius 3 is 2.85 bits per heavy atom. The molecule has 0 bridgehead atoms. The number of rotatable bonds is 2. The van der Waals surface area contributed by atoms with Gasteiger partial charge >= 0.3 is 0 Å². The van der Waals surface area contributed by atoms with E-state index in [1.165, 1.54) is 6.07 Å². The van der Waals surface area contributed by atoms with Crippen LogP contribution in [0.5, 0.6) is 0 Å². The van der Waals surface area contributed by atoms with Crippen LogP contribution in [0.1, 0.15) is 23.7 Å². The highest BCUT2D eigenvalue weighted by molar-refractivity contribution is 6.20. The molecule has 0 spiro atoms. The number of hydrogen-bond donors (Lipinski definition) is 0. The molecule has 1 unspecified atom stereocenters. The van der Waals surface area contributed by atoms with Crippen LogP contribution in [0.4, 0.5) is 4.39 Å². The van der Waals surface area contributed by atoms with Crippen molar-refractivity contribution in [1.82, 2.24) is 14.5 Å². The van der Waals surface area contributed by atoms with Crippen molar-refractivity contribution < 1.29 is 4.39 Å². The molecule has 20 heavy (non-hydrogen) atoms. The number of imidazole rings is 1. The van der Waals surface area contributed by atoms with Gasteiger partial charge in [0.1, 0.15) is 17.2 Å². The van der Waals surface area contributed by atoms with E-state index in [0.29, 0.717) is 17.0 Å². The summed E-state index contributed by atoms with van der Waals surface area (Å²) in [6, 6.07) is 6.80. The van der Waals surface area contributed by atoms with Crippen molar-refractivity contribution in [3.8, 4) is 5.69 Å². The van der Waals surface area contributed by atoms with Crippen LogP contribution in [0.2, 0.25) is 0 Å². The fourth-order valence-corrected chi connectivity index (χ4v) is 2.41. The molecular formula is C15H13ClFN3. The van der Waals surface area contributed by atoms with Gasteiger partial charge in [-0.15, -0.1) is 11.6 Å². The van der Waals surface area contributed by atoms with E-state index >= 15 is 0 Å². The molecule has 0 saturated heterocycles. The summed E-state index contributed by atoms with van der Waals surface area (Å²) in [6.07, 6.45) is 3.32. The van der Waals surface area contributed by atoms with Crippen LogP contribution in [0.3, 0.4) is 0 Å². The molecule has 3 aromatic rings. The Labute approximate surface area is 121 Å². The summed E-state index contributed by atoms with van der Waals surface area (Å²) in [7, 11) is 0. The summed E-state index contributed by atoms with van der Waals surface area (Å²) in [5.41, 5.74) is 2.94. The molecule has 0 N–H and O–H groups in total. The first-order chi connectivity index (χ1) is 9.58. The Bertz CT molecular complexity index is 780. The number of hydrogen-bond acceptors (Lipinski definition) is 2. The summed E-state index contributed by atoms with van der Waals surface area (Å²) < 4.78 is 16.0. The standard InChI is InChI=1S/C15H13ClFN3/c1-9-3-4-11(17)14(7-9)20-13-5-6-18-8-12(13)19-15(20)10(2)16/h3-8,10H,1-2H3. The molecule has 0 aliphatic heterocycles. The van der Waals surface area contributed by atoms with E-state index < -0.39 is 0 Å². The third-order valence-corrected chi connectivity index (χ3v) is 3.38. The molecule has 2 heterocycles. The second-order valence-corrected chi connectivity index (χ2v) is 5.40. The first-order valence-electron chi connectivity index (χ1n) is 6.31. The normalized spacial score (nSPS) is 12.8. The maximum absolute atomic E-state index is 14.2. The number of pyridine rings is 1. The maximum Gasteiger partial charge on any atom is 0.147 e. The zero-order valence-electron chi connectivity index (χ0n) is 11.1. The van der Waals surface area contributed by atoms with Gasteiger partial charge in [-0.2, -0.15) is 0 Å². The van der Waals surface area contributed by atoms with Gasteiger partial charge in [0.05, 0.1) is 22.8 Å². The topological polar surface area (TPSA) is 30.7 Å². The third-order valence-electron chi connectivity index (χ3n) is 3.18. The largest absolute Gasteiger partial charge is 0.292 e. The van der Waals surface area contributed by atoms with Crippen molar-refractivity contribution in [2.75, 3.05) is 0 Å². The zero-order chi connectivity index (χ0) is 14.3. The van der Waals surface area contributed by atoms with Gasteiger partial charge in [0.25, 0.3) is 0 Å². The number of aromatic nitrogens is 3. The van der Waals surface area contributed by atoms with Gasteiger partial charge < -0.3 is 0 Å². The molecule has 0 aliphatic carbocycles. The van der Waals surface area contributed by atoms with E-state index in [0.717, 1.165) is 11.1 Å². The summed E-state index contributed by atoms with van der Waals surface area (Å²) in [4.78, 5) is 8.51. The van der Waals surface area contributed by atoms with Crippen LogP contribution >= 0.6 is 11.6 Å². The summed E-state index contributed by atoms with van der Waals surface area (Å²) in [5, 5.41) is -0.331. The second-order valence-electron chi connectivity index (χ2n) is 4.74. The predicted molar refractivity (Wildman–Crippen MR) is 77.8 cm³/mol. The van der Waals surface area contributed by atoms with E-state index in [1.54, 1.807) is 29.1 Å². The molecule has 1 atom stereocenters. The predicted octanol–water partition coefficient (Wildman–Crippen LogP) is 4.17. The van der Waals surface area contributed by atoms with Gasteiger partial charge in [-0.05, 0) is 37.6 Å². The van der Waals surface area contributed by atoms with Crippen molar-refractivity contribution in [2.24, 2.45) is 0 Å². The Kier molecular flexibility index (Phi) is 3.18. The van der Waals surface area contributed by atoms with Crippen molar-refractivity contribution in [3.63, 3.8) is 0 Å². The number of aryl methyl sites for hydroxylation is 1. The Hall–Kier alpha value is -1.94. The minimum Gasteiger partial charge on any atom is -0.292 e. The average Bonchev–Trinajstić information content (AvgIpc) is 2.81. The van der Waals surface area contributed by atoms with Crippen LogP contribution in [0, 0.1) is 12.7 Å². The lowest BCUT2D eigenvalue weighted by Gasteiger charge is -2.12.